The summed E-state index contributed by atoms with van der Waals surface area (Å²) < 4.78 is 43.2. The lowest BCUT2D eigenvalue weighted by atomic mass is 10.1. The van der Waals surface area contributed by atoms with Crippen molar-refractivity contribution in [1.82, 2.24) is 4.98 Å². The van der Waals surface area contributed by atoms with Crippen molar-refractivity contribution in [1.29, 1.82) is 0 Å². The van der Waals surface area contributed by atoms with Crippen LogP contribution in [0, 0.1) is 0 Å². The minimum absolute atomic E-state index is 0.265. The van der Waals surface area contributed by atoms with Gasteiger partial charge in [0, 0.05) is 5.56 Å². The average molecular weight is 385 g/mol. The molecule has 1 heterocycles. The van der Waals surface area contributed by atoms with Gasteiger partial charge in [-0.1, -0.05) is 38.3 Å². The van der Waals surface area contributed by atoms with Crippen molar-refractivity contribution in [3.63, 3.8) is 0 Å². The van der Waals surface area contributed by atoms with Crippen LogP contribution < -0.4 is 0 Å². The number of ether oxygens (including phenoxy) is 1. The first-order valence-electron chi connectivity index (χ1n) is 8.71. The van der Waals surface area contributed by atoms with Gasteiger partial charge in [0.2, 0.25) is 0 Å². The van der Waals surface area contributed by atoms with Crippen molar-refractivity contribution in [3.8, 4) is 10.6 Å². The molecule has 0 spiro atoms. The Hall–Kier alpha value is -1.89. The van der Waals surface area contributed by atoms with Crippen LogP contribution in [0.2, 0.25) is 0 Å². The monoisotopic (exact) mass is 385 g/mol. The predicted molar refractivity (Wildman–Crippen MR) is 96.4 cm³/mol. The Bertz CT molecular complexity index is 723. The van der Waals surface area contributed by atoms with E-state index in [2.05, 4.69) is 11.9 Å². The quantitative estimate of drug-likeness (QED) is 0.405. The van der Waals surface area contributed by atoms with Crippen molar-refractivity contribution in [3.05, 3.63) is 40.4 Å². The smallest absolute Gasteiger partial charge is 0.416 e. The second-order valence-electron chi connectivity index (χ2n) is 5.90. The van der Waals surface area contributed by atoms with E-state index in [1.165, 1.54) is 23.5 Å². The molecule has 0 aliphatic carbocycles. The molecule has 1 aromatic heterocycles. The van der Waals surface area contributed by atoms with Gasteiger partial charge in [-0.2, -0.15) is 13.2 Å². The highest BCUT2D eigenvalue weighted by atomic mass is 32.1. The minimum atomic E-state index is -4.37. The third kappa shape index (κ3) is 5.30. The first-order chi connectivity index (χ1) is 12.4. The molecule has 0 aliphatic heterocycles. The zero-order valence-corrected chi connectivity index (χ0v) is 15.7. The van der Waals surface area contributed by atoms with Gasteiger partial charge >= 0.3 is 12.1 Å². The lowest BCUT2D eigenvalue weighted by Crippen LogP contribution is -2.05. The maximum atomic E-state index is 12.7. The summed E-state index contributed by atoms with van der Waals surface area (Å²) in [5, 5.41) is 0.535. The number of aromatic nitrogens is 1. The molecule has 0 amide bonds. The van der Waals surface area contributed by atoms with E-state index >= 15 is 0 Å². The number of alkyl halides is 3. The summed E-state index contributed by atoms with van der Waals surface area (Å²) in [7, 11) is 0. The van der Waals surface area contributed by atoms with Crippen molar-refractivity contribution in [2.24, 2.45) is 0 Å². The highest BCUT2D eigenvalue weighted by Crippen LogP contribution is 2.33. The highest BCUT2D eigenvalue weighted by Gasteiger charge is 2.30. The van der Waals surface area contributed by atoms with Gasteiger partial charge in [-0.25, -0.2) is 9.78 Å². The van der Waals surface area contributed by atoms with Crippen LogP contribution in [-0.2, 0) is 17.3 Å². The number of carbonyl (C=O) groups is 1. The van der Waals surface area contributed by atoms with Gasteiger partial charge in [0.1, 0.15) is 9.88 Å². The van der Waals surface area contributed by atoms with Crippen molar-refractivity contribution >= 4 is 17.3 Å². The maximum Gasteiger partial charge on any atom is 0.416 e. The Morgan fingerprint density at radius 3 is 2.38 bits per heavy atom. The van der Waals surface area contributed by atoms with Gasteiger partial charge in [0.25, 0.3) is 0 Å². The van der Waals surface area contributed by atoms with Crippen LogP contribution in [0.4, 0.5) is 13.2 Å². The van der Waals surface area contributed by atoms with Gasteiger partial charge in [0.15, 0.2) is 0 Å². The van der Waals surface area contributed by atoms with E-state index in [1.807, 2.05) is 0 Å². The summed E-state index contributed by atoms with van der Waals surface area (Å²) in [5.41, 5.74) is 0.524. The second-order valence-corrected chi connectivity index (χ2v) is 6.90. The van der Waals surface area contributed by atoms with Gasteiger partial charge in [0.05, 0.1) is 17.9 Å². The first-order valence-corrected chi connectivity index (χ1v) is 9.52. The van der Waals surface area contributed by atoms with Crippen LogP contribution in [0.3, 0.4) is 0 Å². The first kappa shape index (κ1) is 20.4. The number of halogens is 3. The molecule has 2 rings (SSSR count). The van der Waals surface area contributed by atoms with E-state index in [0.717, 1.165) is 37.8 Å². The Kier molecular flexibility index (Phi) is 7.20. The molecule has 0 bridgehead atoms. The highest BCUT2D eigenvalue weighted by molar-refractivity contribution is 7.17. The summed E-state index contributed by atoms with van der Waals surface area (Å²) in [6.45, 7) is 4.12. The van der Waals surface area contributed by atoms with Crippen LogP contribution in [0.15, 0.2) is 24.3 Å². The van der Waals surface area contributed by atoms with Crippen LogP contribution in [0.25, 0.3) is 10.6 Å². The fraction of sp³-hybridized carbons (Fsp3) is 0.474. The number of nitrogens with zero attached hydrogens (tertiary/aromatic N) is 1. The minimum Gasteiger partial charge on any atom is -0.462 e. The van der Waals surface area contributed by atoms with Crippen LogP contribution in [-0.4, -0.2) is 17.6 Å². The Morgan fingerprint density at radius 2 is 1.81 bits per heavy atom. The third-order valence-corrected chi connectivity index (χ3v) is 5.01. The molecule has 2 aromatic rings. The van der Waals surface area contributed by atoms with E-state index in [4.69, 9.17) is 4.74 Å². The van der Waals surface area contributed by atoms with Crippen LogP contribution in [0.5, 0.6) is 0 Å². The zero-order chi connectivity index (χ0) is 19.2. The molecule has 142 valence electrons. The summed E-state index contributed by atoms with van der Waals surface area (Å²) in [4.78, 5) is 17.1. The topological polar surface area (TPSA) is 39.2 Å². The largest absolute Gasteiger partial charge is 0.462 e. The number of thiazole rings is 1. The number of unbranched alkanes of at least 4 members (excludes halogenated alkanes) is 3. The molecule has 0 fully saturated rings. The van der Waals surface area contributed by atoms with E-state index in [-0.39, 0.29) is 6.61 Å². The molecule has 0 unspecified atom stereocenters. The van der Waals surface area contributed by atoms with Gasteiger partial charge in [-0.3, -0.25) is 0 Å². The molecule has 1 aromatic carbocycles. The molecule has 26 heavy (non-hydrogen) atoms. The van der Waals surface area contributed by atoms with Crippen molar-refractivity contribution in [2.75, 3.05) is 6.61 Å². The summed E-state index contributed by atoms with van der Waals surface area (Å²) in [5.74, 6) is -0.423. The SMILES string of the molecule is CCCCCCc1nc(-c2ccc(C(F)(F)F)cc2)sc1C(=O)OCC. The molecule has 0 N–H and O–H groups in total. The molecule has 7 heteroatoms. The van der Waals surface area contributed by atoms with E-state index in [1.54, 1.807) is 6.92 Å². The standard InChI is InChI=1S/C19H22F3NO2S/c1-3-5-6-7-8-15-16(18(24)25-4-2)26-17(23-15)13-9-11-14(12-10-13)19(20,21)22/h9-12H,3-8H2,1-2H3. The third-order valence-electron chi connectivity index (χ3n) is 3.88. The van der Waals surface area contributed by atoms with Gasteiger partial charge in [-0.15, -0.1) is 11.3 Å². The fourth-order valence-electron chi connectivity index (χ4n) is 2.52. The molecule has 0 atom stereocenters. The summed E-state index contributed by atoms with van der Waals surface area (Å²) in [6, 6.07) is 4.83. The normalized spacial score (nSPS) is 11.6. The number of carbonyl (C=O) groups excluding carboxylic acids is 1. The second kappa shape index (κ2) is 9.16. The number of aryl methyl sites for hydroxylation is 1. The lowest BCUT2D eigenvalue weighted by molar-refractivity contribution is -0.137. The molecule has 0 aliphatic rings. The average Bonchev–Trinajstić information content (AvgIpc) is 3.03. The van der Waals surface area contributed by atoms with Gasteiger partial charge < -0.3 is 4.74 Å². The number of rotatable bonds is 8. The van der Waals surface area contributed by atoms with Crippen molar-refractivity contribution in [2.45, 2.75) is 52.1 Å². The number of esters is 1. The van der Waals surface area contributed by atoms with E-state index in [0.29, 0.717) is 27.6 Å². The fourth-order valence-corrected chi connectivity index (χ4v) is 3.53. The number of hydrogen-bond donors (Lipinski definition) is 0. The molecule has 0 radical (unpaired) electrons. The lowest BCUT2D eigenvalue weighted by Gasteiger charge is -2.06. The number of hydrogen-bond acceptors (Lipinski definition) is 4. The van der Waals surface area contributed by atoms with Crippen molar-refractivity contribution < 1.29 is 22.7 Å². The Balaban J connectivity index is 2.26. The van der Waals surface area contributed by atoms with E-state index in [9.17, 15) is 18.0 Å². The van der Waals surface area contributed by atoms with E-state index < -0.39 is 17.7 Å². The zero-order valence-electron chi connectivity index (χ0n) is 14.9. The van der Waals surface area contributed by atoms with Crippen LogP contribution in [0.1, 0.15) is 60.5 Å². The maximum absolute atomic E-state index is 12.7. The predicted octanol–water partition coefficient (Wildman–Crippen LogP) is 6.13. The molecule has 0 saturated heterocycles. The van der Waals surface area contributed by atoms with Crippen LogP contribution >= 0.6 is 11.3 Å². The molecular weight excluding hydrogens is 363 g/mol. The summed E-state index contributed by atoms with van der Waals surface area (Å²) >= 11 is 1.17. The molecular formula is C19H22F3NO2S. The Morgan fingerprint density at radius 1 is 1.12 bits per heavy atom. The summed E-state index contributed by atoms with van der Waals surface area (Å²) in [6.07, 6.45) is 0.471. The molecule has 3 nitrogen and oxygen atoms in total. The van der Waals surface area contributed by atoms with Gasteiger partial charge in [-0.05, 0) is 31.9 Å². The number of benzene rings is 1. The molecule has 0 saturated carbocycles. The Labute approximate surface area is 155 Å².